The van der Waals surface area contributed by atoms with Crippen molar-refractivity contribution in [1.82, 2.24) is 19.5 Å². The molecule has 3 aliphatic rings. The predicted molar refractivity (Wildman–Crippen MR) is 151 cm³/mol. The zero-order valence-electron chi connectivity index (χ0n) is 22.8. The minimum Gasteiger partial charge on any atom is -0.367 e. The predicted octanol–water partition coefficient (Wildman–Crippen LogP) is 5.56. The van der Waals surface area contributed by atoms with Crippen LogP contribution >= 0.6 is 0 Å². The Hall–Kier alpha value is -2.74. The highest BCUT2D eigenvalue weighted by Gasteiger charge is 2.30. The van der Waals surface area contributed by atoms with Crippen molar-refractivity contribution in [3.05, 3.63) is 35.9 Å². The largest absolute Gasteiger partial charge is 0.367 e. The fourth-order valence-corrected chi connectivity index (χ4v) is 5.70. The molecule has 38 heavy (non-hydrogen) atoms. The number of nitrogens with zero attached hydrogens (tertiary/aromatic N) is 6. The van der Waals surface area contributed by atoms with Crippen LogP contribution in [0.15, 0.2) is 29.5 Å². The number of nitrogen functional groups attached to an aromatic ring is 1. The number of anilines is 1. The smallest absolute Gasteiger partial charge is 0.264 e. The van der Waals surface area contributed by atoms with E-state index in [2.05, 4.69) is 33.9 Å². The minimum atomic E-state index is -1.02. The van der Waals surface area contributed by atoms with Gasteiger partial charge in [-0.3, -0.25) is 0 Å². The molecule has 2 fully saturated rings. The molecule has 10 heteroatoms. The normalized spacial score (nSPS) is 19.7. The molecule has 4 radical (unpaired) electrons. The highest BCUT2D eigenvalue weighted by atomic mass is 19.1. The van der Waals surface area contributed by atoms with Crippen molar-refractivity contribution < 1.29 is 9.09 Å². The third kappa shape index (κ3) is 5.65. The second kappa shape index (κ2) is 10.8. The molecule has 1 aromatic carbocycles. The monoisotopic (exact) mass is 512 g/mol. The third-order valence-electron chi connectivity index (χ3n) is 7.71. The molecule has 2 N–H and O–H groups in total. The van der Waals surface area contributed by atoms with Crippen molar-refractivity contribution >= 4 is 38.5 Å². The van der Waals surface area contributed by atoms with Crippen molar-refractivity contribution in [1.29, 1.82) is 0 Å². The molecule has 0 amide bonds. The Labute approximate surface area is 227 Å². The van der Waals surface area contributed by atoms with Crippen LogP contribution in [0.25, 0.3) is 16.6 Å². The fourth-order valence-electron chi connectivity index (χ4n) is 5.70. The lowest BCUT2D eigenvalue weighted by atomic mass is 9.54. The van der Waals surface area contributed by atoms with Gasteiger partial charge in [0.25, 0.3) is 5.69 Å². The summed E-state index contributed by atoms with van der Waals surface area (Å²) in [5.41, 5.74) is 9.80. The lowest BCUT2D eigenvalue weighted by Gasteiger charge is -2.41. The second-order valence-electron chi connectivity index (χ2n) is 11.5. The molecular formula is C28H37B2FN7+. The molecule has 1 aliphatic carbocycles. The number of piperidine rings is 1. The first-order valence-corrected chi connectivity index (χ1v) is 13.9. The van der Waals surface area contributed by atoms with Crippen LogP contribution in [0.2, 0.25) is 5.21 Å². The Morgan fingerprint density at radius 1 is 1.21 bits per heavy atom. The lowest BCUT2D eigenvalue weighted by molar-refractivity contribution is -0.525. The zero-order chi connectivity index (χ0) is 27.0. The average molecular weight is 512 g/mol. The molecule has 7 nitrogen and oxygen atoms in total. The van der Waals surface area contributed by atoms with Crippen LogP contribution in [-0.4, -0.2) is 65.6 Å². The van der Waals surface area contributed by atoms with E-state index in [0.29, 0.717) is 16.8 Å². The maximum Gasteiger partial charge on any atom is 0.264 e. The molecule has 3 aromatic rings. The number of likely N-dealkylation sites (tertiary alicyclic amines) is 1. The summed E-state index contributed by atoms with van der Waals surface area (Å²) in [6.07, 6.45) is 9.83. The summed E-state index contributed by atoms with van der Waals surface area (Å²) >= 11 is 0. The Kier molecular flexibility index (Phi) is 7.63. The third-order valence-corrected chi connectivity index (χ3v) is 7.71. The molecule has 4 heterocycles. The van der Waals surface area contributed by atoms with E-state index in [1.165, 1.54) is 55.9 Å². The van der Waals surface area contributed by atoms with Crippen molar-refractivity contribution in [2.24, 2.45) is 11.0 Å². The number of halogens is 1. The quantitative estimate of drug-likeness (QED) is 0.347. The van der Waals surface area contributed by atoms with Crippen LogP contribution in [-0.2, 0) is 6.42 Å². The molecule has 0 bridgehead atoms. The summed E-state index contributed by atoms with van der Waals surface area (Å²) in [5.74, 6) is 0.586. The first-order valence-electron chi connectivity index (χ1n) is 13.9. The Balaban J connectivity index is 0.000000222. The van der Waals surface area contributed by atoms with Gasteiger partial charge in [0.2, 0.25) is 11.6 Å². The number of azo groups is 2. The second-order valence-corrected chi connectivity index (χ2v) is 11.5. The molecule has 196 valence electrons. The molecule has 2 aliphatic heterocycles. The van der Waals surface area contributed by atoms with E-state index in [-0.39, 0.29) is 12.4 Å². The van der Waals surface area contributed by atoms with Gasteiger partial charge in [-0.1, -0.05) is 43.2 Å². The van der Waals surface area contributed by atoms with Crippen LogP contribution in [0.3, 0.4) is 0 Å². The highest BCUT2D eigenvalue weighted by molar-refractivity contribution is 6.39. The van der Waals surface area contributed by atoms with Crippen LogP contribution < -0.4 is 5.73 Å². The van der Waals surface area contributed by atoms with Gasteiger partial charge in [0.1, 0.15) is 0 Å². The van der Waals surface area contributed by atoms with E-state index in [0.717, 1.165) is 41.9 Å². The van der Waals surface area contributed by atoms with E-state index in [4.69, 9.17) is 21.4 Å². The van der Waals surface area contributed by atoms with Gasteiger partial charge in [0.15, 0.2) is 12.4 Å². The maximum atomic E-state index is 14.9. The lowest BCUT2D eigenvalue weighted by Crippen LogP contribution is -2.45. The van der Waals surface area contributed by atoms with Gasteiger partial charge in [-0.2, -0.15) is 0 Å². The number of hydrogen-bond acceptors (Lipinski definition) is 5. The minimum absolute atomic E-state index is 0.0355. The summed E-state index contributed by atoms with van der Waals surface area (Å²) in [6, 6.07) is 6.64. The van der Waals surface area contributed by atoms with Gasteiger partial charge in [0.05, 0.1) is 33.1 Å². The molecule has 1 saturated heterocycles. The first-order chi connectivity index (χ1) is 18.1. The summed E-state index contributed by atoms with van der Waals surface area (Å²) in [6.45, 7) is 9.74. The fraction of sp³-hybridized carbons (Fsp3) is 0.571. The summed E-state index contributed by atoms with van der Waals surface area (Å²) in [4.78, 5) is 6.99. The molecule has 6 rings (SSSR count). The number of aromatic nitrogens is 3. The van der Waals surface area contributed by atoms with Crippen molar-refractivity contribution in [3.8, 4) is 11.1 Å². The molecule has 0 spiro atoms. The summed E-state index contributed by atoms with van der Waals surface area (Å²) in [5, 5.41) is 7.51. The SMILES string of the molecule is C[C@@H]1CCCN(C2CCC2)C1.[B]C([B])(C)Cc1nc(N)nn2cc(F)c(-c3ccc4c(c3)[N+](CCC)=N4)c12. The first kappa shape index (κ1) is 26.9. The van der Waals surface area contributed by atoms with Gasteiger partial charge >= 0.3 is 0 Å². The van der Waals surface area contributed by atoms with E-state index < -0.39 is 11.0 Å². The highest BCUT2D eigenvalue weighted by Crippen LogP contribution is 2.42. The zero-order valence-corrected chi connectivity index (χ0v) is 22.8. The van der Waals surface area contributed by atoms with E-state index in [1.807, 2.05) is 22.9 Å². The van der Waals surface area contributed by atoms with Gasteiger partial charge in [-0.05, 0) is 56.2 Å². The Bertz CT molecular complexity index is 1340. The summed E-state index contributed by atoms with van der Waals surface area (Å²) in [7, 11) is 11.9. The van der Waals surface area contributed by atoms with Crippen molar-refractivity contribution in [2.75, 3.05) is 25.4 Å². The Morgan fingerprint density at radius 2 is 2.00 bits per heavy atom. The number of hydrogen-bond donors (Lipinski definition) is 1. The molecule has 1 saturated carbocycles. The topological polar surface area (TPSA) is 74.8 Å². The number of nitrogens with two attached hydrogens (primary N) is 1. The van der Waals surface area contributed by atoms with Crippen LogP contribution in [0.1, 0.15) is 65.0 Å². The number of rotatable bonds is 6. The van der Waals surface area contributed by atoms with Crippen LogP contribution in [0, 0.1) is 11.7 Å². The van der Waals surface area contributed by atoms with E-state index in [1.54, 1.807) is 6.92 Å². The maximum absolute atomic E-state index is 14.9. The van der Waals surface area contributed by atoms with Crippen LogP contribution in [0.4, 0.5) is 21.7 Å². The molecule has 2 aromatic heterocycles. The summed E-state index contributed by atoms with van der Waals surface area (Å²) < 4.78 is 18.2. The van der Waals surface area contributed by atoms with Gasteiger partial charge in [-0.25, -0.2) is 13.9 Å². The van der Waals surface area contributed by atoms with Crippen LogP contribution in [0.5, 0.6) is 0 Å². The molecular weight excluding hydrogens is 475 g/mol. The average Bonchev–Trinajstić information content (AvgIpc) is 3.11. The van der Waals surface area contributed by atoms with Gasteiger partial charge in [0, 0.05) is 35.8 Å². The van der Waals surface area contributed by atoms with E-state index in [9.17, 15) is 4.39 Å². The van der Waals surface area contributed by atoms with Crippen molar-refractivity contribution in [3.63, 3.8) is 0 Å². The van der Waals surface area contributed by atoms with Crippen molar-refractivity contribution in [2.45, 2.75) is 77.0 Å². The Morgan fingerprint density at radius 3 is 2.66 bits per heavy atom. The number of benzene rings is 1. The van der Waals surface area contributed by atoms with Gasteiger partial charge < -0.3 is 10.6 Å². The molecule has 1 atom stereocenters. The standard InChI is InChI=1S/C18H18B2FN6.C10H19N/c1-3-6-26-14-7-10(4-5-12(14)24-26)15-11(21)9-27-16(15)13(8-18(2,19)20)23-17(22)25-27;1-9-4-3-7-11(8-9)10-5-2-6-10/h4-5,7,9H,3,6,8H2,1-2H3,(H2,22,23,25);9-10H,2-8H2,1H3/q+1;/t;9-/m.1/s1. The number of fused-ring (bicyclic) bond motifs is 2. The molecule has 0 unspecified atom stereocenters. The van der Waals surface area contributed by atoms with Gasteiger partial charge in [-0.15, -0.1) is 5.10 Å². The van der Waals surface area contributed by atoms with E-state index >= 15 is 0 Å².